The Balaban J connectivity index is 3.36. The van der Waals surface area contributed by atoms with Crippen molar-refractivity contribution in [2.75, 3.05) is 19.8 Å². The third-order valence-electron chi connectivity index (χ3n) is 2.19. The minimum atomic E-state index is -0.386. The van der Waals surface area contributed by atoms with Crippen molar-refractivity contribution in [2.24, 2.45) is 5.92 Å². The summed E-state index contributed by atoms with van der Waals surface area (Å²) in [6.07, 6.45) is 1.94. The van der Waals surface area contributed by atoms with Crippen LogP contribution in [0.25, 0.3) is 0 Å². The first-order valence-electron chi connectivity index (χ1n) is 6.05. The Morgan fingerprint density at radius 2 is 1.87 bits per heavy atom. The number of rotatable bonds is 9. The lowest BCUT2D eigenvalue weighted by molar-refractivity contribution is 0.0251. The predicted octanol–water partition coefficient (Wildman–Crippen LogP) is 1.80. The molecular weight excluding hydrogens is 190 g/mol. The molecule has 0 aromatic heterocycles. The van der Waals surface area contributed by atoms with Crippen LogP contribution >= 0.6 is 0 Å². The molecule has 0 saturated heterocycles. The van der Waals surface area contributed by atoms with E-state index in [9.17, 15) is 5.11 Å². The zero-order chi connectivity index (χ0) is 11.7. The van der Waals surface area contributed by atoms with Crippen molar-refractivity contribution in [1.29, 1.82) is 0 Å². The molecule has 0 amide bonds. The fourth-order valence-corrected chi connectivity index (χ4v) is 1.37. The van der Waals surface area contributed by atoms with Gasteiger partial charge in [-0.05, 0) is 19.3 Å². The van der Waals surface area contributed by atoms with Crippen molar-refractivity contribution in [1.82, 2.24) is 5.32 Å². The van der Waals surface area contributed by atoms with Gasteiger partial charge >= 0.3 is 0 Å². The molecule has 2 atom stereocenters. The lowest BCUT2D eigenvalue weighted by atomic mass is 10.2. The van der Waals surface area contributed by atoms with Crippen LogP contribution in [0.3, 0.4) is 0 Å². The third-order valence-corrected chi connectivity index (χ3v) is 2.19. The lowest BCUT2D eigenvalue weighted by Crippen LogP contribution is -2.36. The van der Waals surface area contributed by atoms with Crippen molar-refractivity contribution in [2.45, 2.75) is 52.7 Å². The van der Waals surface area contributed by atoms with Crippen LogP contribution in [0.5, 0.6) is 0 Å². The van der Waals surface area contributed by atoms with Crippen LogP contribution in [-0.2, 0) is 4.74 Å². The van der Waals surface area contributed by atoms with Gasteiger partial charge in [0.15, 0.2) is 0 Å². The Labute approximate surface area is 94.2 Å². The van der Waals surface area contributed by atoms with E-state index in [0.717, 1.165) is 13.0 Å². The van der Waals surface area contributed by atoms with Crippen LogP contribution < -0.4 is 5.32 Å². The van der Waals surface area contributed by atoms with E-state index in [-0.39, 0.29) is 6.10 Å². The molecule has 92 valence electrons. The molecule has 0 bridgehead atoms. The van der Waals surface area contributed by atoms with E-state index in [2.05, 4.69) is 33.0 Å². The molecule has 0 aromatic rings. The van der Waals surface area contributed by atoms with E-state index in [1.165, 1.54) is 6.42 Å². The number of aliphatic hydroxyl groups excluding tert-OH is 1. The van der Waals surface area contributed by atoms with E-state index in [1.54, 1.807) is 0 Å². The SMILES string of the molecule is CCCC(C)NCC(O)COCC(C)C. The van der Waals surface area contributed by atoms with Gasteiger partial charge in [-0.2, -0.15) is 0 Å². The van der Waals surface area contributed by atoms with Crippen molar-refractivity contribution >= 4 is 0 Å². The first-order chi connectivity index (χ1) is 7.06. The number of aliphatic hydroxyl groups is 1. The molecule has 3 nitrogen and oxygen atoms in total. The summed E-state index contributed by atoms with van der Waals surface area (Å²) in [5, 5.41) is 12.9. The van der Waals surface area contributed by atoms with E-state index in [1.807, 2.05) is 0 Å². The zero-order valence-corrected chi connectivity index (χ0v) is 10.6. The number of hydrogen-bond donors (Lipinski definition) is 2. The Hall–Kier alpha value is -0.120. The number of ether oxygens (including phenoxy) is 1. The quantitative estimate of drug-likeness (QED) is 0.619. The second-order valence-electron chi connectivity index (χ2n) is 4.68. The topological polar surface area (TPSA) is 41.5 Å². The molecule has 15 heavy (non-hydrogen) atoms. The maximum Gasteiger partial charge on any atom is 0.0897 e. The first-order valence-corrected chi connectivity index (χ1v) is 6.05. The normalized spacial score (nSPS) is 15.6. The van der Waals surface area contributed by atoms with Crippen LogP contribution in [0, 0.1) is 5.92 Å². The largest absolute Gasteiger partial charge is 0.389 e. The third kappa shape index (κ3) is 10.2. The average Bonchev–Trinajstić information content (AvgIpc) is 2.14. The Morgan fingerprint density at radius 1 is 1.20 bits per heavy atom. The van der Waals surface area contributed by atoms with E-state index < -0.39 is 0 Å². The molecule has 0 rings (SSSR count). The predicted molar refractivity (Wildman–Crippen MR) is 64.0 cm³/mol. The van der Waals surface area contributed by atoms with Crippen LogP contribution in [0.2, 0.25) is 0 Å². The molecule has 2 N–H and O–H groups in total. The summed E-state index contributed by atoms with van der Waals surface area (Å²) in [7, 11) is 0. The first kappa shape index (κ1) is 14.9. The summed E-state index contributed by atoms with van der Waals surface area (Å²) in [6, 6.07) is 0.481. The minimum Gasteiger partial charge on any atom is -0.389 e. The second-order valence-corrected chi connectivity index (χ2v) is 4.68. The Kier molecular flexibility index (Phi) is 9.06. The molecule has 0 fully saturated rings. The van der Waals surface area contributed by atoms with Gasteiger partial charge in [-0.25, -0.2) is 0 Å². The fraction of sp³-hybridized carbons (Fsp3) is 1.00. The molecule has 0 spiro atoms. The summed E-state index contributed by atoms with van der Waals surface area (Å²) >= 11 is 0. The molecule has 0 radical (unpaired) electrons. The molecule has 0 saturated carbocycles. The van der Waals surface area contributed by atoms with Gasteiger partial charge in [0.05, 0.1) is 12.7 Å². The van der Waals surface area contributed by atoms with Crippen molar-refractivity contribution < 1.29 is 9.84 Å². The summed E-state index contributed by atoms with van der Waals surface area (Å²) < 4.78 is 5.36. The Morgan fingerprint density at radius 3 is 2.40 bits per heavy atom. The highest BCUT2D eigenvalue weighted by atomic mass is 16.5. The molecule has 0 aliphatic rings. The van der Waals surface area contributed by atoms with E-state index in [4.69, 9.17) is 4.74 Å². The maximum atomic E-state index is 9.59. The minimum absolute atomic E-state index is 0.386. The number of hydrogen-bond acceptors (Lipinski definition) is 3. The zero-order valence-electron chi connectivity index (χ0n) is 10.6. The molecule has 3 heteroatoms. The van der Waals surface area contributed by atoms with Gasteiger partial charge in [0, 0.05) is 19.2 Å². The van der Waals surface area contributed by atoms with Gasteiger partial charge in [-0.15, -0.1) is 0 Å². The highest BCUT2D eigenvalue weighted by Crippen LogP contribution is 1.96. The molecule has 0 heterocycles. The molecule has 2 unspecified atom stereocenters. The van der Waals surface area contributed by atoms with Gasteiger partial charge in [0.1, 0.15) is 0 Å². The van der Waals surface area contributed by atoms with Gasteiger partial charge < -0.3 is 15.2 Å². The van der Waals surface area contributed by atoms with Crippen molar-refractivity contribution in [3.63, 3.8) is 0 Å². The molecule has 0 aliphatic heterocycles. The van der Waals surface area contributed by atoms with Gasteiger partial charge in [0.25, 0.3) is 0 Å². The van der Waals surface area contributed by atoms with Crippen molar-refractivity contribution in [3.8, 4) is 0 Å². The molecular formula is C12H27NO2. The summed E-state index contributed by atoms with van der Waals surface area (Å²) in [4.78, 5) is 0. The van der Waals surface area contributed by atoms with E-state index in [0.29, 0.717) is 25.1 Å². The molecule has 0 aliphatic carbocycles. The highest BCUT2D eigenvalue weighted by molar-refractivity contribution is 4.64. The highest BCUT2D eigenvalue weighted by Gasteiger charge is 2.06. The van der Waals surface area contributed by atoms with Crippen LogP contribution in [0.4, 0.5) is 0 Å². The van der Waals surface area contributed by atoms with Crippen LogP contribution in [0.1, 0.15) is 40.5 Å². The Bertz CT molecular complexity index is 140. The summed E-state index contributed by atoms with van der Waals surface area (Å²) in [6.45, 7) is 10.3. The summed E-state index contributed by atoms with van der Waals surface area (Å²) in [5.74, 6) is 0.532. The fourth-order valence-electron chi connectivity index (χ4n) is 1.37. The van der Waals surface area contributed by atoms with Crippen LogP contribution in [-0.4, -0.2) is 37.0 Å². The summed E-state index contributed by atoms with van der Waals surface area (Å²) in [5.41, 5.74) is 0. The molecule has 0 aromatic carbocycles. The van der Waals surface area contributed by atoms with Crippen LogP contribution in [0.15, 0.2) is 0 Å². The van der Waals surface area contributed by atoms with Gasteiger partial charge in [-0.1, -0.05) is 27.2 Å². The standard InChI is InChI=1S/C12H27NO2/c1-5-6-11(4)13-7-12(14)9-15-8-10(2)3/h10-14H,5-9H2,1-4H3. The number of nitrogens with one attached hydrogen (secondary N) is 1. The van der Waals surface area contributed by atoms with Crippen molar-refractivity contribution in [3.05, 3.63) is 0 Å². The van der Waals surface area contributed by atoms with Gasteiger partial charge in [0.2, 0.25) is 0 Å². The van der Waals surface area contributed by atoms with Gasteiger partial charge in [-0.3, -0.25) is 0 Å². The smallest absolute Gasteiger partial charge is 0.0897 e. The van der Waals surface area contributed by atoms with E-state index >= 15 is 0 Å². The average molecular weight is 217 g/mol. The lowest BCUT2D eigenvalue weighted by Gasteiger charge is -2.17. The monoisotopic (exact) mass is 217 g/mol. The maximum absolute atomic E-state index is 9.59. The second kappa shape index (κ2) is 9.13.